The summed E-state index contributed by atoms with van der Waals surface area (Å²) >= 11 is 0. The largest absolute Gasteiger partial charge is 0.464 e. The number of para-hydroxylation sites is 1. The molecule has 0 fully saturated rings. The second-order valence-corrected chi connectivity index (χ2v) is 4.54. The van der Waals surface area contributed by atoms with E-state index in [-0.39, 0.29) is 0 Å². The van der Waals surface area contributed by atoms with E-state index in [0.717, 1.165) is 17.3 Å². The zero-order valence-corrected chi connectivity index (χ0v) is 9.92. The number of nitrogens with zero attached hydrogens (tertiary/aromatic N) is 2. The van der Waals surface area contributed by atoms with E-state index in [1.807, 2.05) is 44.2 Å². The summed E-state index contributed by atoms with van der Waals surface area (Å²) in [6, 6.07) is 14.0. The summed E-state index contributed by atoms with van der Waals surface area (Å²) in [5.74, 6) is 1.71. The van der Waals surface area contributed by atoms with Gasteiger partial charge in [-0.1, -0.05) is 18.2 Å². The summed E-state index contributed by atoms with van der Waals surface area (Å²) in [4.78, 5) is 6.53. The number of ether oxygens (including phenoxy) is 1. The molecule has 0 bridgehead atoms. The summed E-state index contributed by atoms with van der Waals surface area (Å²) in [5, 5.41) is 0. The molecule has 3 nitrogen and oxygen atoms in total. The molecular formula is C14H14N2O. The van der Waals surface area contributed by atoms with Crippen LogP contribution in [0.25, 0.3) is 0 Å². The second kappa shape index (κ2) is 3.48. The molecule has 1 aromatic carbocycles. The lowest BCUT2D eigenvalue weighted by molar-refractivity contribution is 0.141. The highest BCUT2D eigenvalue weighted by molar-refractivity contribution is 5.70. The average molecular weight is 226 g/mol. The Balaban J connectivity index is 2.15. The van der Waals surface area contributed by atoms with Crippen LogP contribution in [0.4, 0.5) is 11.5 Å². The number of aromatic nitrogens is 1. The van der Waals surface area contributed by atoms with Crippen molar-refractivity contribution in [3.63, 3.8) is 0 Å². The van der Waals surface area contributed by atoms with E-state index in [1.165, 1.54) is 0 Å². The maximum Gasteiger partial charge on any atom is 0.182 e. The Morgan fingerprint density at radius 1 is 1.06 bits per heavy atom. The van der Waals surface area contributed by atoms with E-state index in [0.29, 0.717) is 0 Å². The highest BCUT2D eigenvalue weighted by atomic mass is 16.5. The van der Waals surface area contributed by atoms with Gasteiger partial charge in [0.2, 0.25) is 0 Å². The SMILES string of the molecule is CC1(C)Oc2cccnc2N1c1ccccc1. The number of anilines is 2. The highest BCUT2D eigenvalue weighted by Crippen LogP contribution is 2.44. The van der Waals surface area contributed by atoms with E-state index >= 15 is 0 Å². The highest BCUT2D eigenvalue weighted by Gasteiger charge is 2.39. The van der Waals surface area contributed by atoms with Gasteiger partial charge in [0.1, 0.15) is 0 Å². The molecule has 0 atom stereocenters. The number of hydrogen-bond acceptors (Lipinski definition) is 3. The lowest BCUT2D eigenvalue weighted by atomic mass is 10.2. The molecule has 3 rings (SSSR count). The van der Waals surface area contributed by atoms with Crippen molar-refractivity contribution >= 4 is 11.5 Å². The van der Waals surface area contributed by atoms with Crippen LogP contribution >= 0.6 is 0 Å². The van der Waals surface area contributed by atoms with Crippen LogP contribution in [0, 0.1) is 0 Å². The first-order valence-corrected chi connectivity index (χ1v) is 5.68. The zero-order chi connectivity index (χ0) is 11.9. The Morgan fingerprint density at radius 3 is 2.59 bits per heavy atom. The van der Waals surface area contributed by atoms with Crippen molar-refractivity contribution in [1.82, 2.24) is 4.98 Å². The lowest BCUT2D eigenvalue weighted by Crippen LogP contribution is -2.41. The number of fused-ring (bicyclic) bond motifs is 1. The molecule has 0 spiro atoms. The van der Waals surface area contributed by atoms with Crippen molar-refractivity contribution in [3.05, 3.63) is 48.7 Å². The minimum absolute atomic E-state index is 0.405. The quantitative estimate of drug-likeness (QED) is 0.745. The van der Waals surface area contributed by atoms with Gasteiger partial charge >= 0.3 is 0 Å². The zero-order valence-electron chi connectivity index (χ0n) is 9.92. The van der Waals surface area contributed by atoms with E-state index in [9.17, 15) is 0 Å². The fourth-order valence-corrected chi connectivity index (χ4v) is 2.21. The molecule has 3 heteroatoms. The summed E-state index contributed by atoms with van der Waals surface area (Å²) in [5.41, 5.74) is 0.688. The monoisotopic (exact) mass is 226 g/mol. The topological polar surface area (TPSA) is 25.4 Å². The van der Waals surface area contributed by atoms with Crippen LogP contribution in [0.5, 0.6) is 5.75 Å². The van der Waals surface area contributed by atoms with E-state index in [4.69, 9.17) is 4.74 Å². The van der Waals surface area contributed by atoms with Gasteiger partial charge in [0.05, 0.1) is 0 Å². The molecule has 2 heterocycles. The van der Waals surface area contributed by atoms with E-state index < -0.39 is 5.72 Å². The minimum Gasteiger partial charge on any atom is -0.464 e. The lowest BCUT2D eigenvalue weighted by Gasteiger charge is -2.31. The van der Waals surface area contributed by atoms with Gasteiger partial charge in [0.25, 0.3) is 0 Å². The number of rotatable bonds is 1. The van der Waals surface area contributed by atoms with Crippen LogP contribution < -0.4 is 9.64 Å². The van der Waals surface area contributed by atoms with Gasteiger partial charge in [-0.25, -0.2) is 4.98 Å². The summed E-state index contributed by atoms with van der Waals surface area (Å²) in [7, 11) is 0. The molecule has 0 radical (unpaired) electrons. The molecule has 86 valence electrons. The van der Waals surface area contributed by atoms with Crippen molar-refractivity contribution in [2.45, 2.75) is 19.6 Å². The Labute approximate surface area is 101 Å². The number of hydrogen-bond donors (Lipinski definition) is 0. The van der Waals surface area contributed by atoms with E-state index in [2.05, 4.69) is 22.0 Å². The standard InChI is InChI=1S/C14H14N2O/c1-14(2)16(11-7-4-3-5-8-11)13-12(17-14)9-6-10-15-13/h3-10H,1-2H3. The van der Waals surface area contributed by atoms with Gasteiger partial charge in [-0.3, -0.25) is 4.90 Å². The molecule has 17 heavy (non-hydrogen) atoms. The maximum absolute atomic E-state index is 5.92. The third-order valence-electron chi connectivity index (χ3n) is 2.88. The number of benzene rings is 1. The maximum atomic E-state index is 5.92. The van der Waals surface area contributed by atoms with Crippen LogP contribution in [0.3, 0.4) is 0 Å². The Hall–Kier alpha value is -2.03. The predicted octanol–water partition coefficient (Wildman–Crippen LogP) is 3.35. The third kappa shape index (κ3) is 1.55. The summed E-state index contributed by atoms with van der Waals surface area (Å²) in [6.07, 6.45) is 1.79. The molecular weight excluding hydrogens is 212 g/mol. The average Bonchev–Trinajstić information content (AvgIpc) is 2.60. The molecule has 0 saturated heterocycles. The Morgan fingerprint density at radius 2 is 1.82 bits per heavy atom. The smallest absolute Gasteiger partial charge is 0.182 e. The van der Waals surface area contributed by atoms with Crippen molar-refractivity contribution in [2.24, 2.45) is 0 Å². The Kier molecular flexibility index (Phi) is 2.08. The van der Waals surface area contributed by atoms with Gasteiger partial charge in [-0.15, -0.1) is 0 Å². The van der Waals surface area contributed by atoms with E-state index in [1.54, 1.807) is 6.20 Å². The van der Waals surface area contributed by atoms with Gasteiger partial charge < -0.3 is 4.74 Å². The molecule has 0 aliphatic carbocycles. The predicted molar refractivity (Wildman–Crippen MR) is 67.5 cm³/mol. The summed E-state index contributed by atoms with van der Waals surface area (Å²) in [6.45, 7) is 4.09. The molecule has 0 saturated carbocycles. The van der Waals surface area contributed by atoms with Crippen LogP contribution in [-0.4, -0.2) is 10.7 Å². The van der Waals surface area contributed by atoms with Crippen LogP contribution in [0.15, 0.2) is 48.7 Å². The summed E-state index contributed by atoms with van der Waals surface area (Å²) < 4.78 is 5.92. The van der Waals surface area contributed by atoms with Crippen LogP contribution in [0.2, 0.25) is 0 Å². The van der Waals surface area contributed by atoms with Gasteiger partial charge in [-0.05, 0) is 38.1 Å². The first-order chi connectivity index (χ1) is 8.18. The molecule has 2 aromatic rings. The molecule has 0 N–H and O–H groups in total. The molecule has 0 unspecified atom stereocenters. The first-order valence-electron chi connectivity index (χ1n) is 5.68. The third-order valence-corrected chi connectivity index (χ3v) is 2.88. The Bertz CT molecular complexity index is 537. The van der Waals surface area contributed by atoms with Crippen LogP contribution in [0.1, 0.15) is 13.8 Å². The van der Waals surface area contributed by atoms with Gasteiger partial charge in [-0.2, -0.15) is 0 Å². The second-order valence-electron chi connectivity index (χ2n) is 4.54. The molecule has 1 aromatic heterocycles. The van der Waals surface area contributed by atoms with Gasteiger partial charge in [0, 0.05) is 11.9 Å². The van der Waals surface area contributed by atoms with Crippen molar-refractivity contribution in [3.8, 4) is 5.75 Å². The van der Waals surface area contributed by atoms with Gasteiger partial charge in [0.15, 0.2) is 17.3 Å². The van der Waals surface area contributed by atoms with Crippen LogP contribution in [-0.2, 0) is 0 Å². The molecule has 0 amide bonds. The van der Waals surface area contributed by atoms with Crippen molar-refractivity contribution in [1.29, 1.82) is 0 Å². The molecule has 1 aliphatic heterocycles. The number of pyridine rings is 1. The van der Waals surface area contributed by atoms with Crippen molar-refractivity contribution in [2.75, 3.05) is 4.90 Å². The fraction of sp³-hybridized carbons (Fsp3) is 0.214. The first kappa shape index (κ1) is 10.1. The molecule has 1 aliphatic rings. The minimum atomic E-state index is -0.405. The normalized spacial score (nSPS) is 16.5. The van der Waals surface area contributed by atoms with Crippen molar-refractivity contribution < 1.29 is 4.74 Å². The fourth-order valence-electron chi connectivity index (χ4n) is 2.21.